The van der Waals surface area contributed by atoms with Crippen LogP contribution in [-0.2, 0) is 14.4 Å². The molecule has 1 aromatic carbocycles. The number of nitrogens with one attached hydrogen (secondary N) is 2. The molecule has 3 amide bonds. The third-order valence-corrected chi connectivity index (χ3v) is 6.15. The molecule has 0 bridgehead atoms. The Bertz CT molecular complexity index is 691. The van der Waals surface area contributed by atoms with Gasteiger partial charge in [0.05, 0.1) is 5.92 Å². The molecule has 1 unspecified atom stereocenters. The third-order valence-electron chi connectivity index (χ3n) is 5.51. The molecule has 2 aliphatic rings. The summed E-state index contributed by atoms with van der Waals surface area (Å²) < 4.78 is 0. The molecule has 28 heavy (non-hydrogen) atoms. The Kier molecular flexibility index (Phi) is 7.36. The molecule has 0 aromatic heterocycles. The Morgan fingerprint density at radius 1 is 1.21 bits per heavy atom. The van der Waals surface area contributed by atoms with Crippen LogP contribution >= 0.6 is 11.8 Å². The minimum atomic E-state index is -0.540. The fraction of sp³-hybridized carbons (Fsp3) is 0.571. The van der Waals surface area contributed by atoms with Crippen molar-refractivity contribution in [3.8, 4) is 0 Å². The summed E-state index contributed by atoms with van der Waals surface area (Å²) >= 11 is 1.65. The topological polar surface area (TPSA) is 78.5 Å². The van der Waals surface area contributed by atoms with Crippen LogP contribution in [-0.4, -0.2) is 48.4 Å². The molecule has 7 heteroatoms. The van der Waals surface area contributed by atoms with Crippen molar-refractivity contribution >= 4 is 35.2 Å². The van der Waals surface area contributed by atoms with Crippen molar-refractivity contribution in [3.05, 3.63) is 30.3 Å². The molecule has 0 radical (unpaired) electrons. The van der Waals surface area contributed by atoms with Gasteiger partial charge in [0.15, 0.2) is 0 Å². The molecule has 3 rings (SSSR count). The van der Waals surface area contributed by atoms with Crippen molar-refractivity contribution in [2.75, 3.05) is 23.5 Å². The summed E-state index contributed by atoms with van der Waals surface area (Å²) in [6.45, 7) is 0.355. The third kappa shape index (κ3) is 5.28. The molecule has 1 aliphatic carbocycles. The van der Waals surface area contributed by atoms with E-state index in [0.29, 0.717) is 13.0 Å². The summed E-state index contributed by atoms with van der Waals surface area (Å²) in [5.41, 5.74) is 0.806. The quantitative estimate of drug-likeness (QED) is 0.698. The number of hydrogen-bond donors (Lipinski definition) is 2. The predicted molar refractivity (Wildman–Crippen MR) is 112 cm³/mol. The van der Waals surface area contributed by atoms with Gasteiger partial charge < -0.3 is 15.5 Å². The summed E-state index contributed by atoms with van der Waals surface area (Å²) in [7, 11) is 0. The van der Waals surface area contributed by atoms with Crippen molar-refractivity contribution in [3.63, 3.8) is 0 Å². The van der Waals surface area contributed by atoms with Crippen LogP contribution < -0.4 is 15.5 Å². The number of benzene rings is 1. The van der Waals surface area contributed by atoms with Crippen LogP contribution in [0.4, 0.5) is 5.69 Å². The minimum Gasteiger partial charge on any atom is -0.352 e. The zero-order valence-corrected chi connectivity index (χ0v) is 17.2. The lowest BCUT2D eigenvalue weighted by Gasteiger charge is -2.22. The van der Waals surface area contributed by atoms with Gasteiger partial charge in [0, 0.05) is 24.7 Å². The maximum absolute atomic E-state index is 12.8. The van der Waals surface area contributed by atoms with Crippen LogP contribution in [0.15, 0.2) is 30.3 Å². The second kappa shape index (κ2) is 9.96. The first-order valence-electron chi connectivity index (χ1n) is 10.0. The molecule has 1 saturated carbocycles. The fourth-order valence-corrected chi connectivity index (χ4v) is 4.38. The molecule has 1 aliphatic heterocycles. The molecule has 1 saturated heterocycles. The summed E-state index contributed by atoms with van der Waals surface area (Å²) in [6, 6.07) is 9.07. The molecule has 2 fully saturated rings. The summed E-state index contributed by atoms with van der Waals surface area (Å²) in [5, 5.41) is 6.00. The SMILES string of the molecule is CSCC[C@H](NC(=O)C1CC(=O)N(c2ccccc2)C1)C(=O)NC1CCCC1. The van der Waals surface area contributed by atoms with Crippen LogP contribution in [0.25, 0.3) is 0 Å². The number of thioether (sulfide) groups is 1. The average Bonchev–Trinajstić information content (AvgIpc) is 3.35. The van der Waals surface area contributed by atoms with Crippen LogP contribution in [0.1, 0.15) is 38.5 Å². The number of anilines is 1. The van der Waals surface area contributed by atoms with Crippen molar-refractivity contribution in [1.82, 2.24) is 10.6 Å². The fourth-order valence-electron chi connectivity index (χ4n) is 3.91. The van der Waals surface area contributed by atoms with E-state index < -0.39 is 12.0 Å². The van der Waals surface area contributed by atoms with E-state index in [4.69, 9.17) is 0 Å². The lowest BCUT2D eigenvalue weighted by molar-refractivity contribution is -0.131. The summed E-state index contributed by atoms with van der Waals surface area (Å²) in [6.07, 6.45) is 7.07. The molecule has 2 N–H and O–H groups in total. The average molecular weight is 404 g/mol. The van der Waals surface area contributed by atoms with Gasteiger partial charge in [-0.2, -0.15) is 11.8 Å². The number of para-hydroxylation sites is 1. The Labute approximate surface area is 170 Å². The number of hydrogen-bond acceptors (Lipinski definition) is 4. The Morgan fingerprint density at radius 2 is 1.93 bits per heavy atom. The van der Waals surface area contributed by atoms with Gasteiger partial charge in [-0.3, -0.25) is 14.4 Å². The first-order chi connectivity index (χ1) is 13.6. The van der Waals surface area contributed by atoms with Crippen LogP contribution in [0, 0.1) is 5.92 Å². The van der Waals surface area contributed by atoms with Crippen LogP contribution in [0.5, 0.6) is 0 Å². The van der Waals surface area contributed by atoms with Gasteiger partial charge in [-0.25, -0.2) is 0 Å². The van der Waals surface area contributed by atoms with E-state index in [2.05, 4.69) is 10.6 Å². The van der Waals surface area contributed by atoms with Crippen molar-refractivity contribution < 1.29 is 14.4 Å². The van der Waals surface area contributed by atoms with E-state index in [1.54, 1.807) is 16.7 Å². The Morgan fingerprint density at radius 3 is 2.61 bits per heavy atom. The van der Waals surface area contributed by atoms with E-state index in [0.717, 1.165) is 37.1 Å². The molecule has 0 spiro atoms. The van der Waals surface area contributed by atoms with Crippen molar-refractivity contribution in [2.24, 2.45) is 5.92 Å². The standard InChI is InChI=1S/C21H29N3O3S/c1-28-12-11-18(21(27)22-16-7-5-6-8-16)23-20(26)15-13-19(25)24(14-15)17-9-3-2-4-10-17/h2-4,9-10,15-16,18H,5-8,11-14H2,1H3,(H,22,27)(H,23,26)/t15?,18-/m0/s1. The van der Waals surface area contributed by atoms with Gasteiger partial charge in [-0.1, -0.05) is 31.0 Å². The lowest BCUT2D eigenvalue weighted by atomic mass is 10.1. The van der Waals surface area contributed by atoms with E-state index in [1.807, 2.05) is 36.6 Å². The number of carbonyl (C=O) groups is 3. The van der Waals surface area contributed by atoms with Crippen LogP contribution in [0.3, 0.4) is 0 Å². The molecular formula is C21H29N3O3S. The number of nitrogens with zero attached hydrogens (tertiary/aromatic N) is 1. The molecule has 6 nitrogen and oxygen atoms in total. The highest BCUT2D eigenvalue weighted by Crippen LogP contribution is 2.25. The minimum absolute atomic E-state index is 0.0533. The smallest absolute Gasteiger partial charge is 0.242 e. The largest absolute Gasteiger partial charge is 0.352 e. The first-order valence-corrected chi connectivity index (χ1v) is 11.4. The zero-order valence-electron chi connectivity index (χ0n) is 16.4. The van der Waals surface area contributed by atoms with Gasteiger partial charge >= 0.3 is 0 Å². The Balaban J connectivity index is 1.59. The van der Waals surface area contributed by atoms with Crippen molar-refractivity contribution in [1.29, 1.82) is 0 Å². The van der Waals surface area contributed by atoms with E-state index in [1.165, 1.54) is 0 Å². The van der Waals surface area contributed by atoms with E-state index >= 15 is 0 Å². The summed E-state index contributed by atoms with van der Waals surface area (Å²) in [5.74, 6) is 0.00662. The maximum atomic E-state index is 12.8. The van der Waals surface area contributed by atoms with Gasteiger partial charge in [0.2, 0.25) is 17.7 Å². The van der Waals surface area contributed by atoms with Gasteiger partial charge in [-0.15, -0.1) is 0 Å². The Hall–Kier alpha value is -2.02. The number of rotatable bonds is 8. The molecule has 2 atom stereocenters. The molecular weight excluding hydrogens is 374 g/mol. The molecule has 1 aromatic rings. The highest BCUT2D eigenvalue weighted by Gasteiger charge is 2.36. The number of carbonyl (C=O) groups excluding carboxylic acids is 3. The second-order valence-electron chi connectivity index (χ2n) is 7.57. The first kappa shape index (κ1) is 20.7. The monoisotopic (exact) mass is 403 g/mol. The van der Waals surface area contributed by atoms with E-state index in [9.17, 15) is 14.4 Å². The summed E-state index contributed by atoms with van der Waals surface area (Å²) in [4.78, 5) is 39.5. The maximum Gasteiger partial charge on any atom is 0.242 e. The molecule has 1 heterocycles. The lowest BCUT2D eigenvalue weighted by Crippen LogP contribution is -2.51. The second-order valence-corrected chi connectivity index (χ2v) is 8.56. The van der Waals surface area contributed by atoms with Gasteiger partial charge in [0.1, 0.15) is 6.04 Å². The number of amides is 3. The van der Waals surface area contributed by atoms with Gasteiger partial charge in [-0.05, 0) is 43.4 Å². The zero-order chi connectivity index (χ0) is 19.9. The molecule has 152 valence electrons. The predicted octanol–water partition coefficient (Wildman–Crippen LogP) is 2.34. The highest BCUT2D eigenvalue weighted by atomic mass is 32.2. The van der Waals surface area contributed by atoms with Crippen molar-refractivity contribution in [2.45, 2.75) is 50.6 Å². The van der Waals surface area contributed by atoms with E-state index in [-0.39, 0.29) is 30.2 Å². The highest BCUT2D eigenvalue weighted by molar-refractivity contribution is 7.98. The van der Waals surface area contributed by atoms with Crippen LogP contribution in [0.2, 0.25) is 0 Å². The van der Waals surface area contributed by atoms with Gasteiger partial charge in [0.25, 0.3) is 0 Å². The normalized spacial score (nSPS) is 21.0.